The van der Waals surface area contributed by atoms with Crippen molar-refractivity contribution in [2.45, 2.75) is 62.8 Å². The highest BCUT2D eigenvalue weighted by Gasteiger charge is 2.46. The third-order valence-corrected chi connectivity index (χ3v) is 8.15. The second kappa shape index (κ2) is 8.88. The lowest BCUT2D eigenvalue weighted by Gasteiger charge is -2.42. The minimum Gasteiger partial charge on any atom is -0.378 e. The quantitative estimate of drug-likeness (QED) is 0.802. The van der Waals surface area contributed by atoms with Gasteiger partial charge < -0.3 is 19.9 Å². The van der Waals surface area contributed by atoms with Crippen LogP contribution in [0.2, 0.25) is 0 Å². The molecule has 1 spiro atoms. The lowest BCUT2D eigenvalue weighted by atomic mass is 9.73. The maximum absolute atomic E-state index is 12.9. The van der Waals surface area contributed by atoms with Crippen molar-refractivity contribution in [3.8, 4) is 0 Å². The molecule has 30 heavy (non-hydrogen) atoms. The van der Waals surface area contributed by atoms with E-state index >= 15 is 0 Å². The maximum atomic E-state index is 12.9. The van der Waals surface area contributed by atoms with E-state index in [1.165, 1.54) is 75.7 Å². The number of likely N-dealkylation sites (tertiary alicyclic amines) is 1. The molecule has 2 amide bonds. The number of nitrogens with zero attached hydrogens (tertiary/aromatic N) is 2. The van der Waals surface area contributed by atoms with E-state index in [0.717, 1.165) is 12.3 Å². The largest absolute Gasteiger partial charge is 0.378 e. The fourth-order valence-electron chi connectivity index (χ4n) is 6.40. The molecule has 2 aliphatic carbocycles. The number of fused-ring (bicyclic) bond motifs is 2. The Balaban J connectivity index is 0.00000231. The summed E-state index contributed by atoms with van der Waals surface area (Å²) in [4.78, 5) is 17.5. The molecule has 1 aromatic rings. The van der Waals surface area contributed by atoms with Gasteiger partial charge in [0.15, 0.2) is 0 Å². The average Bonchev–Trinajstić information content (AvgIpc) is 3.10. The molecule has 0 bridgehead atoms. The summed E-state index contributed by atoms with van der Waals surface area (Å²) in [7, 11) is 0. The molecule has 2 heterocycles. The number of ether oxygens (including phenoxy) is 1. The van der Waals surface area contributed by atoms with Crippen molar-refractivity contribution in [1.82, 2.24) is 15.1 Å². The van der Waals surface area contributed by atoms with Gasteiger partial charge in [0.2, 0.25) is 0 Å². The zero-order valence-electron chi connectivity index (χ0n) is 18.3. The standard InChI is InChI=1S/C25H37N3O2.H2/c29-24(28-14-16-30-17-15-28)26-23-18-25(22-9-5-4-8-21(22)23)10-12-27(13-11-25)19-20-6-2-1-3-7-20;/h4-5,8-9,20,23H,1-3,6-7,10-19H2,(H,26,29);1H/t23-;/m0./s1. The van der Waals surface area contributed by atoms with Crippen LogP contribution < -0.4 is 5.32 Å². The van der Waals surface area contributed by atoms with Crippen LogP contribution >= 0.6 is 0 Å². The van der Waals surface area contributed by atoms with E-state index in [0.29, 0.717) is 26.3 Å². The van der Waals surface area contributed by atoms with E-state index in [1.807, 2.05) is 4.90 Å². The average molecular weight is 414 g/mol. The van der Waals surface area contributed by atoms with Gasteiger partial charge in [0.1, 0.15) is 0 Å². The summed E-state index contributed by atoms with van der Waals surface area (Å²) >= 11 is 0. The van der Waals surface area contributed by atoms with Crippen molar-refractivity contribution in [1.29, 1.82) is 0 Å². The molecule has 4 aliphatic rings. The summed E-state index contributed by atoms with van der Waals surface area (Å²) in [6.45, 7) is 6.40. The minimum atomic E-state index is 0. The predicted molar refractivity (Wildman–Crippen MR) is 121 cm³/mol. The third kappa shape index (κ3) is 4.11. The second-order valence-corrected chi connectivity index (χ2v) is 9.98. The number of benzene rings is 1. The summed E-state index contributed by atoms with van der Waals surface area (Å²) in [6, 6.07) is 9.09. The van der Waals surface area contributed by atoms with E-state index in [-0.39, 0.29) is 18.9 Å². The zero-order valence-corrected chi connectivity index (χ0v) is 18.3. The lowest BCUT2D eigenvalue weighted by molar-refractivity contribution is 0.0521. The van der Waals surface area contributed by atoms with Gasteiger partial charge in [0, 0.05) is 26.5 Å². The van der Waals surface area contributed by atoms with Crippen molar-refractivity contribution in [2.24, 2.45) is 5.92 Å². The van der Waals surface area contributed by atoms with Gasteiger partial charge in [-0.25, -0.2) is 4.79 Å². The van der Waals surface area contributed by atoms with Gasteiger partial charge in [-0.1, -0.05) is 43.5 Å². The first-order valence-corrected chi connectivity index (χ1v) is 12.2. The van der Waals surface area contributed by atoms with Gasteiger partial charge in [-0.15, -0.1) is 0 Å². The molecule has 2 saturated heterocycles. The first-order chi connectivity index (χ1) is 14.7. The molecule has 1 atom stereocenters. The van der Waals surface area contributed by atoms with Gasteiger partial charge in [-0.3, -0.25) is 0 Å². The Kier molecular flexibility index (Phi) is 6.01. The first-order valence-electron chi connectivity index (χ1n) is 12.2. The van der Waals surface area contributed by atoms with E-state index in [1.54, 1.807) is 0 Å². The Bertz CT molecular complexity index is 738. The van der Waals surface area contributed by atoms with E-state index in [2.05, 4.69) is 34.5 Å². The third-order valence-electron chi connectivity index (χ3n) is 8.15. The molecule has 5 nitrogen and oxygen atoms in total. The van der Waals surface area contributed by atoms with Crippen LogP contribution in [0.1, 0.15) is 70.0 Å². The molecule has 166 valence electrons. The van der Waals surface area contributed by atoms with Crippen molar-refractivity contribution < 1.29 is 11.0 Å². The van der Waals surface area contributed by atoms with Gasteiger partial charge in [0.05, 0.1) is 19.3 Å². The minimum absolute atomic E-state index is 0. The molecule has 1 aromatic carbocycles. The number of carbonyl (C=O) groups is 1. The summed E-state index contributed by atoms with van der Waals surface area (Å²) in [5.41, 5.74) is 3.08. The Morgan fingerprint density at radius 1 is 1.07 bits per heavy atom. The number of amides is 2. The van der Waals surface area contributed by atoms with Gasteiger partial charge in [-0.2, -0.15) is 0 Å². The number of morpholine rings is 1. The summed E-state index contributed by atoms with van der Waals surface area (Å²) in [5, 5.41) is 3.37. The van der Waals surface area contributed by atoms with Crippen LogP contribution in [0.4, 0.5) is 4.79 Å². The Morgan fingerprint density at radius 2 is 1.80 bits per heavy atom. The number of hydrogen-bond acceptors (Lipinski definition) is 3. The number of hydrogen-bond donors (Lipinski definition) is 1. The molecule has 1 N–H and O–H groups in total. The number of urea groups is 1. The summed E-state index contributed by atoms with van der Waals surface area (Å²) in [6.07, 6.45) is 10.7. The fraction of sp³-hybridized carbons (Fsp3) is 0.720. The Morgan fingerprint density at radius 3 is 2.57 bits per heavy atom. The molecule has 3 fully saturated rings. The number of carbonyl (C=O) groups excluding carboxylic acids is 1. The molecule has 0 aromatic heterocycles. The van der Waals surface area contributed by atoms with Crippen molar-refractivity contribution in [3.63, 3.8) is 0 Å². The van der Waals surface area contributed by atoms with Crippen LogP contribution in [0.5, 0.6) is 0 Å². The zero-order chi connectivity index (χ0) is 20.4. The van der Waals surface area contributed by atoms with E-state index in [4.69, 9.17) is 4.74 Å². The van der Waals surface area contributed by atoms with Gasteiger partial charge in [-0.05, 0) is 62.2 Å². The first kappa shape index (κ1) is 20.3. The Labute approximate surface area is 182 Å². The molecule has 1 saturated carbocycles. The number of nitrogens with one attached hydrogen (secondary N) is 1. The van der Waals surface area contributed by atoms with Gasteiger partial charge >= 0.3 is 6.03 Å². The summed E-state index contributed by atoms with van der Waals surface area (Å²) < 4.78 is 5.40. The van der Waals surface area contributed by atoms with Gasteiger partial charge in [0.25, 0.3) is 0 Å². The molecule has 5 rings (SSSR count). The highest BCUT2D eigenvalue weighted by Crippen LogP contribution is 2.50. The highest BCUT2D eigenvalue weighted by molar-refractivity contribution is 5.75. The second-order valence-electron chi connectivity index (χ2n) is 9.98. The van der Waals surface area contributed by atoms with Crippen LogP contribution in [0, 0.1) is 5.92 Å². The number of piperidine rings is 1. The van der Waals surface area contributed by atoms with Crippen molar-refractivity contribution >= 4 is 6.03 Å². The maximum Gasteiger partial charge on any atom is 0.318 e. The molecule has 0 radical (unpaired) electrons. The Hall–Kier alpha value is -1.59. The van der Waals surface area contributed by atoms with Crippen molar-refractivity contribution in [3.05, 3.63) is 35.4 Å². The topological polar surface area (TPSA) is 44.8 Å². The van der Waals surface area contributed by atoms with Crippen LogP contribution in [-0.4, -0.2) is 61.8 Å². The predicted octanol–water partition coefficient (Wildman–Crippen LogP) is 4.33. The smallest absolute Gasteiger partial charge is 0.318 e. The number of rotatable bonds is 3. The van der Waals surface area contributed by atoms with Crippen LogP contribution in [0.25, 0.3) is 0 Å². The van der Waals surface area contributed by atoms with E-state index < -0.39 is 0 Å². The van der Waals surface area contributed by atoms with Crippen LogP contribution in [0.3, 0.4) is 0 Å². The fourth-order valence-corrected chi connectivity index (χ4v) is 6.40. The summed E-state index contributed by atoms with van der Waals surface area (Å²) in [5.74, 6) is 0.921. The van der Waals surface area contributed by atoms with Crippen LogP contribution in [0.15, 0.2) is 24.3 Å². The SMILES string of the molecule is O=C(N[C@H]1CC2(CCN(CC3CCCCC3)CC2)c2ccccc21)N1CCOCC1.[HH]. The monoisotopic (exact) mass is 413 g/mol. The molecular formula is C25H39N3O2. The molecule has 0 unspecified atom stereocenters. The van der Waals surface area contributed by atoms with E-state index in [9.17, 15) is 4.79 Å². The molecular weight excluding hydrogens is 374 g/mol. The molecule has 5 heteroatoms. The lowest BCUT2D eigenvalue weighted by Crippen LogP contribution is -2.47. The highest BCUT2D eigenvalue weighted by atomic mass is 16.5. The van der Waals surface area contributed by atoms with Crippen molar-refractivity contribution in [2.75, 3.05) is 45.9 Å². The normalized spacial score (nSPS) is 27.2. The molecule has 2 aliphatic heterocycles. The van der Waals surface area contributed by atoms with Crippen LogP contribution in [-0.2, 0) is 10.2 Å².